The molecule has 0 N–H and O–H groups in total. The van der Waals surface area contributed by atoms with Crippen LogP contribution < -0.4 is 4.74 Å². The van der Waals surface area contributed by atoms with Crippen LogP contribution >= 0.6 is 0 Å². The molecule has 2 aromatic rings. The van der Waals surface area contributed by atoms with Gasteiger partial charge >= 0.3 is 0 Å². The van der Waals surface area contributed by atoms with Crippen molar-refractivity contribution in [3.63, 3.8) is 0 Å². The standard InChI is InChI=1S/C18H17NO3/c1-22-15-9-7-13(8-10-15)12-19-17(21)11-16(20)18(19)14-5-3-2-4-6-14/h2-10,18H,11-12H2,1H3. The largest absolute Gasteiger partial charge is 0.497 e. The molecule has 2 aromatic carbocycles. The van der Waals surface area contributed by atoms with E-state index < -0.39 is 6.04 Å². The first-order chi connectivity index (χ1) is 10.7. The summed E-state index contributed by atoms with van der Waals surface area (Å²) in [5, 5.41) is 0. The quantitative estimate of drug-likeness (QED) is 0.815. The van der Waals surface area contributed by atoms with Gasteiger partial charge < -0.3 is 9.64 Å². The molecule has 1 saturated heterocycles. The van der Waals surface area contributed by atoms with Gasteiger partial charge in [0.15, 0.2) is 5.78 Å². The fourth-order valence-corrected chi connectivity index (χ4v) is 2.77. The molecule has 0 aliphatic carbocycles. The molecule has 0 spiro atoms. The van der Waals surface area contributed by atoms with Crippen LogP contribution in [0.4, 0.5) is 0 Å². The van der Waals surface area contributed by atoms with Gasteiger partial charge in [0.2, 0.25) is 5.91 Å². The van der Waals surface area contributed by atoms with Crippen LogP contribution in [0.25, 0.3) is 0 Å². The number of methoxy groups -OCH3 is 1. The Hall–Kier alpha value is -2.62. The number of amides is 1. The van der Waals surface area contributed by atoms with Crippen molar-refractivity contribution in [3.8, 4) is 5.75 Å². The molecule has 112 valence electrons. The Morgan fingerprint density at radius 1 is 1.05 bits per heavy atom. The van der Waals surface area contributed by atoms with E-state index in [9.17, 15) is 9.59 Å². The van der Waals surface area contributed by atoms with Gasteiger partial charge in [-0.25, -0.2) is 0 Å². The van der Waals surface area contributed by atoms with Gasteiger partial charge in [0.05, 0.1) is 13.5 Å². The summed E-state index contributed by atoms with van der Waals surface area (Å²) in [6, 6.07) is 16.5. The van der Waals surface area contributed by atoms with Crippen LogP contribution in [0, 0.1) is 0 Å². The van der Waals surface area contributed by atoms with E-state index >= 15 is 0 Å². The second-order valence-corrected chi connectivity index (χ2v) is 5.33. The smallest absolute Gasteiger partial charge is 0.231 e. The molecule has 0 radical (unpaired) electrons. The van der Waals surface area contributed by atoms with Crippen LogP contribution in [0.3, 0.4) is 0 Å². The third-order valence-corrected chi connectivity index (χ3v) is 3.89. The van der Waals surface area contributed by atoms with Crippen LogP contribution in [0.5, 0.6) is 5.75 Å². The molecule has 1 atom stereocenters. The van der Waals surface area contributed by atoms with Crippen LogP contribution in [0.15, 0.2) is 54.6 Å². The SMILES string of the molecule is COc1ccc(CN2C(=O)CC(=O)C2c2ccccc2)cc1. The number of rotatable bonds is 4. The molecule has 4 heteroatoms. The van der Waals surface area contributed by atoms with E-state index in [1.54, 1.807) is 12.0 Å². The number of Topliss-reactive ketones (excluding diaryl/α,β-unsaturated/α-hetero) is 1. The normalized spacial score (nSPS) is 17.9. The van der Waals surface area contributed by atoms with Crippen LogP contribution in [-0.2, 0) is 16.1 Å². The minimum Gasteiger partial charge on any atom is -0.497 e. The van der Waals surface area contributed by atoms with Crippen LogP contribution in [0.1, 0.15) is 23.6 Å². The number of benzene rings is 2. The number of ketones is 1. The fraction of sp³-hybridized carbons (Fsp3) is 0.222. The highest BCUT2D eigenvalue weighted by Gasteiger charge is 2.39. The highest BCUT2D eigenvalue weighted by molar-refractivity contribution is 6.07. The molecule has 22 heavy (non-hydrogen) atoms. The molecule has 0 bridgehead atoms. The van der Waals surface area contributed by atoms with E-state index in [4.69, 9.17) is 4.74 Å². The maximum atomic E-state index is 12.2. The number of carbonyl (C=O) groups is 2. The first-order valence-corrected chi connectivity index (χ1v) is 7.19. The lowest BCUT2D eigenvalue weighted by Crippen LogP contribution is -2.28. The summed E-state index contributed by atoms with van der Waals surface area (Å²) in [4.78, 5) is 26.0. The van der Waals surface area contributed by atoms with Crippen molar-refractivity contribution >= 4 is 11.7 Å². The zero-order chi connectivity index (χ0) is 15.5. The molecule has 1 aliphatic heterocycles. The first kappa shape index (κ1) is 14.3. The highest BCUT2D eigenvalue weighted by Crippen LogP contribution is 2.31. The Kier molecular flexibility index (Phi) is 3.92. The van der Waals surface area contributed by atoms with Crippen molar-refractivity contribution < 1.29 is 14.3 Å². The second-order valence-electron chi connectivity index (χ2n) is 5.33. The minimum absolute atomic E-state index is 0.0181. The van der Waals surface area contributed by atoms with Crippen molar-refractivity contribution in [3.05, 3.63) is 65.7 Å². The first-order valence-electron chi connectivity index (χ1n) is 7.19. The summed E-state index contributed by atoms with van der Waals surface area (Å²) in [6.45, 7) is 0.425. The minimum atomic E-state index is -0.476. The number of ether oxygens (including phenoxy) is 1. The number of hydrogen-bond donors (Lipinski definition) is 0. The van der Waals surface area contributed by atoms with Crippen LogP contribution in [0.2, 0.25) is 0 Å². The third-order valence-electron chi connectivity index (χ3n) is 3.89. The molecule has 0 saturated carbocycles. The summed E-state index contributed by atoms with van der Waals surface area (Å²) in [5.74, 6) is 0.617. The highest BCUT2D eigenvalue weighted by atomic mass is 16.5. The van der Waals surface area contributed by atoms with Gasteiger partial charge in [0, 0.05) is 6.54 Å². The Morgan fingerprint density at radius 2 is 1.73 bits per heavy atom. The van der Waals surface area contributed by atoms with Crippen molar-refractivity contribution in [2.75, 3.05) is 7.11 Å². The van der Waals surface area contributed by atoms with Gasteiger partial charge in [0.1, 0.15) is 11.8 Å². The Bertz CT molecular complexity index is 679. The summed E-state index contributed by atoms with van der Waals surface area (Å²) in [6.07, 6.45) is -0.0181. The number of carbonyl (C=O) groups excluding carboxylic acids is 2. The van der Waals surface area contributed by atoms with E-state index in [-0.39, 0.29) is 18.1 Å². The van der Waals surface area contributed by atoms with Gasteiger partial charge in [-0.15, -0.1) is 0 Å². The predicted octanol–water partition coefficient (Wildman–Crippen LogP) is 2.74. The third kappa shape index (κ3) is 2.72. The van der Waals surface area contributed by atoms with Crippen molar-refractivity contribution in [1.82, 2.24) is 4.90 Å². The fourth-order valence-electron chi connectivity index (χ4n) is 2.77. The summed E-state index contributed by atoms with van der Waals surface area (Å²) >= 11 is 0. The molecule has 1 heterocycles. The molecule has 1 fully saturated rings. The lowest BCUT2D eigenvalue weighted by Gasteiger charge is -2.24. The van der Waals surface area contributed by atoms with E-state index in [2.05, 4.69) is 0 Å². The summed E-state index contributed by atoms with van der Waals surface area (Å²) in [7, 11) is 1.61. The maximum Gasteiger partial charge on any atom is 0.231 e. The Labute approximate surface area is 129 Å². The number of nitrogens with zero attached hydrogens (tertiary/aromatic N) is 1. The molecule has 3 rings (SSSR count). The lowest BCUT2D eigenvalue weighted by molar-refractivity contribution is -0.129. The molecule has 1 aliphatic rings. The molecular formula is C18H17NO3. The topological polar surface area (TPSA) is 46.6 Å². The van der Waals surface area contributed by atoms with Gasteiger partial charge in [-0.2, -0.15) is 0 Å². The summed E-state index contributed by atoms with van der Waals surface area (Å²) < 4.78 is 5.13. The second kappa shape index (κ2) is 6.02. The average molecular weight is 295 g/mol. The predicted molar refractivity (Wildman–Crippen MR) is 82.4 cm³/mol. The molecule has 1 amide bonds. The zero-order valence-electron chi connectivity index (χ0n) is 12.4. The van der Waals surface area contributed by atoms with Crippen molar-refractivity contribution in [2.24, 2.45) is 0 Å². The monoisotopic (exact) mass is 295 g/mol. The van der Waals surface area contributed by atoms with Crippen molar-refractivity contribution in [2.45, 2.75) is 19.0 Å². The zero-order valence-corrected chi connectivity index (χ0v) is 12.4. The Balaban J connectivity index is 1.86. The lowest BCUT2D eigenvalue weighted by atomic mass is 10.0. The average Bonchev–Trinajstić information content (AvgIpc) is 2.83. The Morgan fingerprint density at radius 3 is 2.36 bits per heavy atom. The molecule has 4 nitrogen and oxygen atoms in total. The van der Waals surface area contributed by atoms with E-state index in [1.807, 2.05) is 54.6 Å². The summed E-state index contributed by atoms with van der Waals surface area (Å²) in [5.41, 5.74) is 1.84. The maximum absolute atomic E-state index is 12.2. The number of likely N-dealkylation sites (tertiary alicyclic amines) is 1. The molecule has 1 unspecified atom stereocenters. The van der Waals surface area contributed by atoms with E-state index in [0.29, 0.717) is 6.54 Å². The molecule has 0 aromatic heterocycles. The number of hydrogen-bond acceptors (Lipinski definition) is 3. The van der Waals surface area contributed by atoms with Crippen LogP contribution in [-0.4, -0.2) is 23.7 Å². The van der Waals surface area contributed by atoms with Gasteiger partial charge in [0.25, 0.3) is 0 Å². The van der Waals surface area contributed by atoms with Gasteiger partial charge in [-0.05, 0) is 23.3 Å². The van der Waals surface area contributed by atoms with Gasteiger partial charge in [-0.1, -0.05) is 42.5 Å². The van der Waals surface area contributed by atoms with Gasteiger partial charge in [-0.3, -0.25) is 9.59 Å². The van der Waals surface area contributed by atoms with Crippen molar-refractivity contribution in [1.29, 1.82) is 0 Å². The van der Waals surface area contributed by atoms with E-state index in [1.165, 1.54) is 0 Å². The van der Waals surface area contributed by atoms with E-state index in [0.717, 1.165) is 16.9 Å². The molecular weight excluding hydrogens is 278 g/mol.